The highest BCUT2D eigenvalue weighted by Gasteiger charge is 2.14. The lowest BCUT2D eigenvalue weighted by atomic mass is 10.1. The second kappa shape index (κ2) is 9.23. The number of aromatic nitrogens is 1. The summed E-state index contributed by atoms with van der Waals surface area (Å²) in [7, 11) is -1.97. The van der Waals surface area contributed by atoms with Crippen LogP contribution in [0.3, 0.4) is 0 Å². The van der Waals surface area contributed by atoms with Crippen LogP contribution in [-0.2, 0) is 19.4 Å². The lowest BCUT2D eigenvalue weighted by Crippen LogP contribution is -2.04. The summed E-state index contributed by atoms with van der Waals surface area (Å²) in [5, 5.41) is 3.12. The van der Waals surface area contributed by atoms with Gasteiger partial charge in [-0.05, 0) is 41.5 Å². The van der Waals surface area contributed by atoms with Crippen LogP contribution in [0.2, 0.25) is 0 Å². The summed E-state index contributed by atoms with van der Waals surface area (Å²) in [5.41, 5.74) is 2.70. The third kappa shape index (κ3) is 5.65. The van der Waals surface area contributed by atoms with Gasteiger partial charge in [-0.1, -0.05) is 41.7 Å². The van der Waals surface area contributed by atoms with E-state index in [1.54, 1.807) is 54.6 Å². The number of methoxy groups -OCH3 is 1. The van der Waals surface area contributed by atoms with Crippen molar-refractivity contribution in [3.63, 3.8) is 0 Å². The molecule has 0 aliphatic heterocycles. The summed E-state index contributed by atoms with van der Waals surface area (Å²) in [4.78, 5) is 28.5. The fourth-order valence-electron chi connectivity index (χ4n) is 2.73. The molecule has 1 heterocycles. The van der Waals surface area contributed by atoms with Gasteiger partial charge in [-0.3, -0.25) is 4.79 Å². The number of nitrogens with one attached hydrogen (secondary N) is 1. The number of benzene rings is 2. The van der Waals surface area contributed by atoms with Crippen molar-refractivity contribution in [2.75, 3.05) is 18.7 Å². The Morgan fingerprint density at radius 1 is 1.03 bits per heavy atom. The maximum Gasteiger partial charge on any atom is 0.337 e. The van der Waals surface area contributed by atoms with Gasteiger partial charge in [0.1, 0.15) is 0 Å². The molecule has 1 amide bonds. The number of nitrogens with zero attached hydrogens (tertiary/aromatic N) is 1. The molecule has 1 aromatic heterocycles. The number of amides is 1. The molecule has 3 aromatic rings. The van der Waals surface area contributed by atoms with Crippen LogP contribution < -0.4 is 5.32 Å². The van der Waals surface area contributed by atoms with Gasteiger partial charge >= 0.3 is 5.97 Å². The van der Waals surface area contributed by atoms with E-state index in [2.05, 4.69) is 10.3 Å². The third-order valence-corrected chi connectivity index (χ3v) is 6.41. The van der Waals surface area contributed by atoms with E-state index >= 15 is 0 Å². The van der Waals surface area contributed by atoms with Gasteiger partial charge in [0.2, 0.25) is 5.91 Å². The topological polar surface area (TPSA) is 102 Å². The Morgan fingerprint density at radius 3 is 2.23 bits per heavy atom. The molecule has 0 atom stereocenters. The molecule has 0 bridgehead atoms. The zero-order valence-electron chi connectivity index (χ0n) is 17.1. The normalized spacial score (nSPS) is 11.5. The first-order chi connectivity index (χ1) is 14.7. The summed E-state index contributed by atoms with van der Waals surface area (Å²) in [5.74, 6) is -0.642. The number of carbonyl (C=O) groups is 2. The number of rotatable bonds is 6. The summed E-state index contributed by atoms with van der Waals surface area (Å²) < 4.78 is 28.1. The molecule has 0 spiro atoms. The van der Waals surface area contributed by atoms with Gasteiger partial charge in [-0.15, -0.1) is 0 Å². The Bertz CT molecular complexity index is 1240. The standard InChI is InChI=1S/C22H20N2O5S2/c1-14(25)23-22-24-19(13-6-15-4-7-17(8-5-15)21(26)29-2)20(30-22)16-9-11-18(12-10-16)31(3,27)28/h4-13H,1-3H3,(H,23,24,25)/b13-6+. The molecule has 31 heavy (non-hydrogen) atoms. The van der Waals surface area contributed by atoms with Crippen molar-refractivity contribution in [1.29, 1.82) is 0 Å². The van der Waals surface area contributed by atoms with Crippen LogP contribution in [0.1, 0.15) is 28.5 Å². The highest BCUT2D eigenvalue weighted by molar-refractivity contribution is 7.90. The van der Waals surface area contributed by atoms with E-state index in [1.165, 1.54) is 25.4 Å². The van der Waals surface area contributed by atoms with Crippen molar-refractivity contribution in [3.8, 4) is 10.4 Å². The van der Waals surface area contributed by atoms with Crippen LogP contribution in [-0.4, -0.2) is 38.6 Å². The molecule has 7 nitrogen and oxygen atoms in total. The number of esters is 1. The molecular formula is C22H20N2O5S2. The van der Waals surface area contributed by atoms with E-state index in [4.69, 9.17) is 4.74 Å². The first kappa shape index (κ1) is 22.4. The van der Waals surface area contributed by atoms with E-state index in [-0.39, 0.29) is 10.8 Å². The van der Waals surface area contributed by atoms with Gasteiger partial charge in [0.25, 0.3) is 0 Å². The zero-order chi connectivity index (χ0) is 22.6. The number of thiazole rings is 1. The minimum atomic E-state index is -3.30. The van der Waals surface area contributed by atoms with Crippen molar-refractivity contribution in [1.82, 2.24) is 4.98 Å². The number of sulfone groups is 1. The van der Waals surface area contributed by atoms with Gasteiger partial charge in [0.15, 0.2) is 15.0 Å². The Kier molecular flexibility index (Phi) is 6.67. The smallest absolute Gasteiger partial charge is 0.337 e. The molecule has 160 valence electrons. The van der Waals surface area contributed by atoms with Crippen LogP contribution in [0, 0.1) is 0 Å². The number of hydrogen-bond donors (Lipinski definition) is 1. The van der Waals surface area contributed by atoms with Crippen molar-refractivity contribution in [3.05, 3.63) is 65.4 Å². The third-order valence-electron chi connectivity index (χ3n) is 4.25. The summed E-state index contributed by atoms with van der Waals surface area (Å²) in [6.45, 7) is 1.40. The van der Waals surface area contributed by atoms with Crippen LogP contribution >= 0.6 is 11.3 Å². The maximum atomic E-state index is 11.7. The van der Waals surface area contributed by atoms with Crippen LogP contribution in [0.4, 0.5) is 5.13 Å². The largest absolute Gasteiger partial charge is 0.465 e. The molecule has 0 fully saturated rings. The first-order valence-corrected chi connectivity index (χ1v) is 11.8. The van der Waals surface area contributed by atoms with Crippen LogP contribution in [0.25, 0.3) is 22.6 Å². The van der Waals surface area contributed by atoms with E-state index in [9.17, 15) is 18.0 Å². The van der Waals surface area contributed by atoms with Gasteiger partial charge in [-0.2, -0.15) is 0 Å². The molecule has 0 aliphatic rings. The fraction of sp³-hybridized carbons (Fsp3) is 0.136. The summed E-state index contributed by atoms with van der Waals surface area (Å²) >= 11 is 1.29. The van der Waals surface area contributed by atoms with E-state index in [0.29, 0.717) is 16.4 Å². The predicted molar refractivity (Wildman–Crippen MR) is 122 cm³/mol. The minimum Gasteiger partial charge on any atom is -0.465 e. The number of carbonyl (C=O) groups excluding carboxylic acids is 2. The molecule has 0 unspecified atom stereocenters. The fourth-order valence-corrected chi connectivity index (χ4v) is 4.37. The van der Waals surface area contributed by atoms with Crippen molar-refractivity contribution in [2.45, 2.75) is 11.8 Å². The molecule has 0 saturated carbocycles. The number of anilines is 1. The summed E-state index contributed by atoms with van der Waals surface area (Å²) in [6, 6.07) is 13.4. The predicted octanol–water partition coefficient (Wildman–Crippen LogP) is 4.13. The Morgan fingerprint density at radius 2 is 1.68 bits per heavy atom. The Labute approximate surface area is 184 Å². The average molecular weight is 457 g/mol. The van der Waals surface area contributed by atoms with Crippen molar-refractivity contribution < 1.29 is 22.7 Å². The van der Waals surface area contributed by atoms with Gasteiger partial charge in [0.05, 0.1) is 28.1 Å². The maximum absolute atomic E-state index is 11.7. The van der Waals surface area contributed by atoms with E-state index < -0.39 is 15.8 Å². The average Bonchev–Trinajstić information content (AvgIpc) is 3.13. The first-order valence-electron chi connectivity index (χ1n) is 9.13. The zero-order valence-corrected chi connectivity index (χ0v) is 18.7. The number of hydrogen-bond acceptors (Lipinski definition) is 7. The quantitative estimate of drug-likeness (QED) is 0.560. The SMILES string of the molecule is COC(=O)c1ccc(/C=C/c2nc(NC(C)=O)sc2-c2ccc(S(C)(=O)=O)cc2)cc1. The Balaban J connectivity index is 1.95. The molecule has 3 rings (SSSR count). The molecular weight excluding hydrogens is 436 g/mol. The minimum absolute atomic E-state index is 0.227. The molecule has 0 saturated heterocycles. The highest BCUT2D eigenvalue weighted by atomic mass is 32.2. The van der Waals surface area contributed by atoms with Gasteiger partial charge in [0, 0.05) is 13.2 Å². The van der Waals surface area contributed by atoms with Crippen molar-refractivity contribution >= 4 is 50.3 Å². The molecule has 2 aromatic carbocycles. The number of ether oxygens (including phenoxy) is 1. The molecule has 0 aliphatic carbocycles. The second-order valence-corrected chi connectivity index (χ2v) is 9.67. The van der Waals surface area contributed by atoms with Crippen molar-refractivity contribution in [2.24, 2.45) is 0 Å². The second-order valence-electron chi connectivity index (χ2n) is 6.66. The molecule has 9 heteroatoms. The lowest BCUT2D eigenvalue weighted by molar-refractivity contribution is -0.114. The van der Waals surface area contributed by atoms with E-state index in [1.807, 2.05) is 6.08 Å². The lowest BCUT2D eigenvalue weighted by Gasteiger charge is -2.02. The highest BCUT2D eigenvalue weighted by Crippen LogP contribution is 2.35. The van der Waals surface area contributed by atoms with Gasteiger partial charge in [-0.25, -0.2) is 18.2 Å². The van der Waals surface area contributed by atoms with Crippen LogP contribution in [0.5, 0.6) is 0 Å². The van der Waals surface area contributed by atoms with Crippen LogP contribution in [0.15, 0.2) is 53.4 Å². The Hall–Kier alpha value is -3.30. The van der Waals surface area contributed by atoms with E-state index in [0.717, 1.165) is 22.3 Å². The molecule has 0 radical (unpaired) electrons. The summed E-state index contributed by atoms with van der Waals surface area (Å²) in [6.07, 6.45) is 4.79. The monoisotopic (exact) mass is 456 g/mol. The molecule has 1 N–H and O–H groups in total. The van der Waals surface area contributed by atoms with Gasteiger partial charge < -0.3 is 10.1 Å².